The summed E-state index contributed by atoms with van der Waals surface area (Å²) in [4.78, 5) is 13.5. The average Bonchev–Trinajstić information content (AvgIpc) is 2.02. The van der Waals surface area contributed by atoms with E-state index in [-0.39, 0.29) is 17.0 Å². The van der Waals surface area contributed by atoms with Gasteiger partial charge in [0.05, 0.1) is 5.88 Å². The quantitative estimate of drug-likeness (QED) is 0.742. The third kappa shape index (κ3) is 2.06. The Morgan fingerprint density at radius 3 is 2.69 bits per heavy atom. The number of alkyl halides is 3. The molecule has 0 amide bonds. The molecule has 1 aromatic rings. The van der Waals surface area contributed by atoms with E-state index in [0.717, 1.165) is 0 Å². The largest absolute Gasteiger partial charge is 0.326 e. The minimum absolute atomic E-state index is 0.0535. The van der Waals surface area contributed by atoms with Gasteiger partial charge < -0.3 is 4.98 Å². The molecule has 5 heteroatoms. The van der Waals surface area contributed by atoms with Crippen LogP contribution in [0.2, 0.25) is 0 Å². The monoisotopic (exact) mass is 207 g/mol. The van der Waals surface area contributed by atoms with E-state index in [1.807, 2.05) is 0 Å². The fourth-order valence-electron chi connectivity index (χ4n) is 1.07. The topological polar surface area (TPSA) is 32.9 Å². The van der Waals surface area contributed by atoms with Gasteiger partial charge in [-0.2, -0.15) is 0 Å². The summed E-state index contributed by atoms with van der Waals surface area (Å²) in [6, 6.07) is 1.24. The number of aromatic amines is 1. The van der Waals surface area contributed by atoms with Crippen LogP contribution in [0, 0.1) is 6.92 Å². The van der Waals surface area contributed by atoms with Crippen LogP contribution < -0.4 is 5.56 Å². The van der Waals surface area contributed by atoms with Crippen molar-refractivity contribution in [2.45, 2.75) is 19.2 Å². The molecule has 1 heterocycles. The molecule has 0 fully saturated rings. The van der Waals surface area contributed by atoms with Crippen LogP contribution in [0.15, 0.2) is 10.9 Å². The molecule has 0 aliphatic carbocycles. The molecule has 1 N–H and O–H groups in total. The van der Waals surface area contributed by atoms with E-state index in [1.165, 1.54) is 6.07 Å². The molecular weight excluding hydrogens is 200 g/mol. The molecule has 0 saturated heterocycles. The highest BCUT2D eigenvalue weighted by Gasteiger charge is 2.15. The predicted octanol–water partition coefficient (Wildman–Crippen LogP) is 2.36. The Balaban J connectivity index is 3.38. The van der Waals surface area contributed by atoms with Crippen molar-refractivity contribution in [2.24, 2.45) is 0 Å². The summed E-state index contributed by atoms with van der Waals surface area (Å²) < 4.78 is 24.7. The zero-order valence-corrected chi connectivity index (χ0v) is 7.66. The standard InChI is InChI=1S/C8H8ClF2NO/c1-4-2-5(7(10)11)6(3-9)8(13)12-4/h2,7H,3H2,1H3,(H,12,13). The molecule has 1 aromatic heterocycles. The molecular formula is C8H8ClF2NO. The number of nitrogens with one attached hydrogen (secondary N) is 1. The smallest absolute Gasteiger partial charge is 0.264 e. The first-order valence-corrected chi connectivity index (χ1v) is 4.16. The van der Waals surface area contributed by atoms with Crippen molar-refractivity contribution in [3.8, 4) is 0 Å². The van der Waals surface area contributed by atoms with Gasteiger partial charge in [0.2, 0.25) is 0 Å². The van der Waals surface area contributed by atoms with Gasteiger partial charge in [-0.05, 0) is 13.0 Å². The Hall–Kier alpha value is -0.900. The minimum atomic E-state index is -2.66. The number of hydrogen-bond acceptors (Lipinski definition) is 1. The van der Waals surface area contributed by atoms with E-state index in [9.17, 15) is 13.6 Å². The number of aryl methyl sites for hydroxylation is 1. The normalized spacial score (nSPS) is 10.8. The Kier molecular flexibility index (Phi) is 3.03. The summed E-state index contributed by atoms with van der Waals surface area (Å²) in [7, 11) is 0. The predicted molar refractivity (Wildman–Crippen MR) is 46.3 cm³/mol. The molecule has 1 rings (SSSR count). The Labute approximate surface area is 78.5 Å². The summed E-state index contributed by atoms with van der Waals surface area (Å²) in [6.45, 7) is 1.55. The maximum atomic E-state index is 12.4. The number of pyridine rings is 1. The molecule has 0 atom stereocenters. The first kappa shape index (κ1) is 10.2. The number of hydrogen-bond donors (Lipinski definition) is 1. The zero-order valence-electron chi connectivity index (χ0n) is 6.90. The zero-order chi connectivity index (χ0) is 10.0. The van der Waals surface area contributed by atoms with E-state index in [1.54, 1.807) is 6.92 Å². The van der Waals surface area contributed by atoms with Gasteiger partial charge in [-0.1, -0.05) is 0 Å². The van der Waals surface area contributed by atoms with Crippen molar-refractivity contribution in [3.05, 3.63) is 33.2 Å². The van der Waals surface area contributed by atoms with Crippen LogP contribution in [0.25, 0.3) is 0 Å². The molecule has 0 saturated carbocycles. The van der Waals surface area contributed by atoms with Crippen molar-refractivity contribution < 1.29 is 8.78 Å². The lowest BCUT2D eigenvalue weighted by Gasteiger charge is -2.05. The highest BCUT2D eigenvalue weighted by Crippen LogP contribution is 2.21. The Morgan fingerprint density at radius 2 is 2.23 bits per heavy atom. The summed E-state index contributed by atoms with van der Waals surface area (Å²) in [5.74, 6) is -0.199. The van der Waals surface area contributed by atoms with E-state index in [4.69, 9.17) is 11.6 Å². The summed E-state index contributed by atoms with van der Waals surface area (Å²) >= 11 is 5.38. The highest BCUT2D eigenvalue weighted by molar-refractivity contribution is 6.17. The third-order valence-electron chi connectivity index (χ3n) is 1.67. The summed E-state index contributed by atoms with van der Waals surface area (Å²) in [5, 5.41) is 0. The lowest BCUT2D eigenvalue weighted by Crippen LogP contribution is -2.15. The number of halogens is 3. The van der Waals surface area contributed by atoms with Crippen LogP contribution in [0.1, 0.15) is 23.2 Å². The number of rotatable bonds is 2. The SMILES string of the molecule is Cc1cc(C(F)F)c(CCl)c(=O)[nH]1. The van der Waals surface area contributed by atoms with E-state index in [2.05, 4.69) is 4.98 Å². The van der Waals surface area contributed by atoms with Crippen molar-refractivity contribution >= 4 is 11.6 Å². The fraction of sp³-hybridized carbons (Fsp3) is 0.375. The van der Waals surface area contributed by atoms with Gasteiger partial charge >= 0.3 is 0 Å². The van der Waals surface area contributed by atoms with Crippen LogP contribution in [0.4, 0.5) is 8.78 Å². The van der Waals surface area contributed by atoms with Crippen molar-refractivity contribution in [2.75, 3.05) is 0 Å². The minimum Gasteiger partial charge on any atom is -0.326 e. The molecule has 13 heavy (non-hydrogen) atoms. The highest BCUT2D eigenvalue weighted by atomic mass is 35.5. The lowest BCUT2D eigenvalue weighted by atomic mass is 10.1. The molecule has 2 nitrogen and oxygen atoms in total. The first-order valence-electron chi connectivity index (χ1n) is 3.63. The fourth-order valence-corrected chi connectivity index (χ4v) is 1.35. The van der Waals surface area contributed by atoms with Crippen LogP contribution in [-0.2, 0) is 5.88 Å². The molecule has 0 bridgehead atoms. The number of H-pyrrole nitrogens is 1. The lowest BCUT2D eigenvalue weighted by molar-refractivity contribution is 0.150. The summed E-state index contributed by atoms with van der Waals surface area (Å²) in [5.41, 5.74) is -0.460. The Morgan fingerprint density at radius 1 is 1.62 bits per heavy atom. The van der Waals surface area contributed by atoms with E-state index in [0.29, 0.717) is 5.69 Å². The van der Waals surface area contributed by atoms with Gasteiger partial charge in [0.25, 0.3) is 12.0 Å². The first-order chi connectivity index (χ1) is 6.06. The third-order valence-corrected chi connectivity index (χ3v) is 1.94. The molecule has 0 unspecified atom stereocenters. The van der Waals surface area contributed by atoms with Crippen LogP contribution in [0.3, 0.4) is 0 Å². The summed E-state index contributed by atoms with van der Waals surface area (Å²) in [6.07, 6.45) is -2.66. The van der Waals surface area contributed by atoms with Gasteiger partial charge in [0.15, 0.2) is 0 Å². The van der Waals surface area contributed by atoms with Crippen molar-refractivity contribution in [1.29, 1.82) is 0 Å². The second-order valence-electron chi connectivity index (χ2n) is 2.65. The maximum Gasteiger partial charge on any atom is 0.264 e. The van der Waals surface area contributed by atoms with Gasteiger partial charge in [0, 0.05) is 16.8 Å². The molecule has 0 spiro atoms. The van der Waals surface area contributed by atoms with Crippen LogP contribution >= 0.6 is 11.6 Å². The molecule has 72 valence electrons. The van der Waals surface area contributed by atoms with Crippen LogP contribution in [-0.4, -0.2) is 4.98 Å². The molecule has 0 aliphatic heterocycles. The van der Waals surface area contributed by atoms with Crippen molar-refractivity contribution in [3.63, 3.8) is 0 Å². The maximum absolute atomic E-state index is 12.4. The second-order valence-corrected chi connectivity index (χ2v) is 2.92. The number of aromatic nitrogens is 1. The van der Waals surface area contributed by atoms with E-state index < -0.39 is 12.0 Å². The molecule has 0 aliphatic rings. The van der Waals surface area contributed by atoms with Crippen LogP contribution in [0.5, 0.6) is 0 Å². The van der Waals surface area contributed by atoms with Gasteiger partial charge in [-0.25, -0.2) is 8.78 Å². The average molecular weight is 208 g/mol. The second kappa shape index (κ2) is 3.87. The van der Waals surface area contributed by atoms with Gasteiger partial charge in [-0.15, -0.1) is 11.6 Å². The van der Waals surface area contributed by atoms with Gasteiger partial charge in [-0.3, -0.25) is 4.79 Å². The van der Waals surface area contributed by atoms with Gasteiger partial charge in [0.1, 0.15) is 0 Å². The van der Waals surface area contributed by atoms with E-state index >= 15 is 0 Å². The Bertz CT molecular complexity index is 362. The molecule has 0 radical (unpaired) electrons. The molecule has 0 aromatic carbocycles. The van der Waals surface area contributed by atoms with Crippen molar-refractivity contribution in [1.82, 2.24) is 4.98 Å².